The van der Waals surface area contributed by atoms with Gasteiger partial charge in [-0.15, -0.1) is 0 Å². The quantitative estimate of drug-likeness (QED) is 0.787. The third kappa shape index (κ3) is 3.46. The molecule has 106 valence electrons. The number of aliphatic hydroxyl groups excluding tert-OH is 1. The first-order valence-electron chi connectivity index (χ1n) is 7.60. The standard InChI is InChI=1S/C15H30N2O/c1-12-3-5-15(10-16,6-4-12)11-17(2)9-13-7-14(18)8-13/h12-14,18H,3-11,16H2,1-2H3. The van der Waals surface area contributed by atoms with Gasteiger partial charge in [-0.1, -0.05) is 19.8 Å². The van der Waals surface area contributed by atoms with Crippen LogP contribution < -0.4 is 5.73 Å². The molecule has 0 aromatic heterocycles. The van der Waals surface area contributed by atoms with Crippen LogP contribution in [0.5, 0.6) is 0 Å². The summed E-state index contributed by atoms with van der Waals surface area (Å²) >= 11 is 0. The molecule has 0 heterocycles. The van der Waals surface area contributed by atoms with Crippen LogP contribution in [0.15, 0.2) is 0 Å². The van der Waals surface area contributed by atoms with Crippen LogP contribution in [0, 0.1) is 17.3 Å². The minimum absolute atomic E-state index is 0.0256. The van der Waals surface area contributed by atoms with Crippen LogP contribution in [0.4, 0.5) is 0 Å². The van der Waals surface area contributed by atoms with Gasteiger partial charge >= 0.3 is 0 Å². The molecule has 0 saturated heterocycles. The van der Waals surface area contributed by atoms with E-state index in [9.17, 15) is 5.11 Å². The largest absolute Gasteiger partial charge is 0.393 e. The van der Waals surface area contributed by atoms with Crippen LogP contribution in [0.3, 0.4) is 0 Å². The lowest BCUT2D eigenvalue weighted by Crippen LogP contribution is -2.46. The molecule has 0 unspecified atom stereocenters. The van der Waals surface area contributed by atoms with E-state index < -0.39 is 0 Å². The molecule has 0 radical (unpaired) electrons. The smallest absolute Gasteiger partial charge is 0.0546 e. The van der Waals surface area contributed by atoms with E-state index in [1.165, 1.54) is 25.7 Å². The highest BCUT2D eigenvalue weighted by Crippen LogP contribution is 2.39. The van der Waals surface area contributed by atoms with Gasteiger partial charge in [0.1, 0.15) is 0 Å². The van der Waals surface area contributed by atoms with Gasteiger partial charge in [0.05, 0.1) is 6.10 Å². The number of nitrogens with zero attached hydrogens (tertiary/aromatic N) is 1. The van der Waals surface area contributed by atoms with Gasteiger partial charge < -0.3 is 15.7 Å². The maximum atomic E-state index is 9.34. The molecule has 2 aliphatic rings. The Morgan fingerprint density at radius 3 is 2.39 bits per heavy atom. The van der Waals surface area contributed by atoms with Crippen molar-refractivity contribution in [2.75, 3.05) is 26.7 Å². The SMILES string of the molecule is CC1CCC(CN)(CN(C)CC2CC(O)C2)CC1. The fraction of sp³-hybridized carbons (Fsp3) is 1.00. The highest BCUT2D eigenvalue weighted by Gasteiger charge is 2.35. The summed E-state index contributed by atoms with van der Waals surface area (Å²) in [6.07, 6.45) is 7.24. The first-order valence-corrected chi connectivity index (χ1v) is 7.60. The Bertz CT molecular complexity index is 255. The minimum Gasteiger partial charge on any atom is -0.393 e. The monoisotopic (exact) mass is 254 g/mol. The van der Waals surface area contributed by atoms with Crippen LogP contribution >= 0.6 is 0 Å². The van der Waals surface area contributed by atoms with Crippen LogP contribution in [-0.2, 0) is 0 Å². The van der Waals surface area contributed by atoms with Gasteiger partial charge in [-0.05, 0) is 56.5 Å². The fourth-order valence-corrected chi connectivity index (χ4v) is 3.73. The van der Waals surface area contributed by atoms with E-state index in [4.69, 9.17) is 5.73 Å². The molecule has 0 bridgehead atoms. The van der Waals surface area contributed by atoms with Gasteiger partial charge in [-0.3, -0.25) is 0 Å². The Morgan fingerprint density at radius 1 is 1.28 bits per heavy atom. The summed E-state index contributed by atoms with van der Waals surface area (Å²) in [5.74, 6) is 1.60. The van der Waals surface area contributed by atoms with Crippen LogP contribution in [0.25, 0.3) is 0 Å². The summed E-state index contributed by atoms with van der Waals surface area (Å²) in [5, 5.41) is 9.34. The van der Waals surface area contributed by atoms with Crippen LogP contribution in [0.1, 0.15) is 45.4 Å². The second kappa shape index (κ2) is 5.89. The van der Waals surface area contributed by atoms with E-state index >= 15 is 0 Å². The average molecular weight is 254 g/mol. The van der Waals surface area contributed by atoms with Gasteiger partial charge in [-0.2, -0.15) is 0 Å². The molecule has 3 N–H and O–H groups in total. The third-order valence-electron chi connectivity index (χ3n) is 5.15. The van der Waals surface area contributed by atoms with Crippen molar-refractivity contribution in [3.05, 3.63) is 0 Å². The summed E-state index contributed by atoms with van der Waals surface area (Å²) < 4.78 is 0. The normalized spacial score (nSPS) is 40.8. The molecular formula is C15H30N2O. The summed E-state index contributed by atoms with van der Waals surface area (Å²) in [5.41, 5.74) is 6.43. The Morgan fingerprint density at radius 2 is 1.89 bits per heavy atom. The predicted molar refractivity (Wildman–Crippen MR) is 75.3 cm³/mol. The van der Waals surface area contributed by atoms with E-state index in [0.29, 0.717) is 11.3 Å². The van der Waals surface area contributed by atoms with E-state index in [-0.39, 0.29) is 6.10 Å². The highest BCUT2D eigenvalue weighted by molar-refractivity contribution is 4.89. The molecule has 3 nitrogen and oxygen atoms in total. The van der Waals surface area contributed by atoms with Gasteiger partial charge in [0.2, 0.25) is 0 Å². The predicted octanol–water partition coefficient (Wildman–Crippen LogP) is 1.84. The van der Waals surface area contributed by atoms with Gasteiger partial charge in [0.25, 0.3) is 0 Å². The average Bonchev–Trinajstić information content (AvgIpc) is 2.30. The van der Waals surface area contributed by atoms with Crippen LogP contribution in [0.2, 0.25) is 0 Å². The Hall–Kier alpha value is -0.120. The summed E-state index contributed by atoms with van der Waals surface area (Å²) in [7, 11) is 2.22. The molecule has 0 aliphatic heterocycles. The van der Waals surface area contributed by atoms with Crippen molar-refractivity contribution >= 4 is 0 Å². The number of hydrogen-bond donors (Lipinski definition) is 2. The topological polar surface area (TPSA) is 49.5 Å². The van der Waals surface area contributed by atoms with Crippen molar-refractivity contribution < 1.29 is 5.11 Å². The molecule has 0 spiro atoms. The maximum Gasteiger partial charge on any atom is 0.0546 e. The van der Waals surface area contributed by atoms with E-state index in [0.717, 1.165) is 38.4 Å². The number of rotatable bonds is 5. The zero-order chi connectivity index (χ0) is 13.2. The molecule has 2 saturated carbocycles. The third-order valence-corrected chi connectivity index (χ3v) is 5.15. The first kappa shape index (κ1) is 14.3. The second-order valence-electron chi connectivity index (χ2n) is 7.07. The lowest BCUT2D eigenvalue weighted by atomic mass is 9.70. The minimum atomic E-state index is -0.0256. The zero-order valence-electron chi connectivity index (χ0n) is 12.1. The zero-order valence-corrected chi connectivity index (χ0v) is 12.1. The number of nitrogens with two attached hydrogens (primary N) is 1. The Balaban J connectivity index is 1.78. The van der Waals surface area contributed by atoms with E-state index in [2.05, 4.69) is 18.9 Å². The molecule has 0 aromatic rings. The molecule has 18 heavy (non-hydrogen) atoms. The number of aliphatic hydroxyl groups is 1. The second-order valence-corrected chi connectivity index (χ2v) is 7.07. The molecule has 2 rings (SSSR count). The van der Waals surface area contributed by atoms with Crippen molar-refractivity contribution in [2.24, 2.45) is 23.0 Å². The maximum absolute atomic E-state index is 9.34. The van der Waals surface area contributed by atoms with Crippen molar-refractivity contribution in [1.82, 2.24) is 4.90 Å². The highest BCUT2D eigenvalue weighted by atomic mass is 16.3. The van der Waals surface area contributed by atoms with Gasteiger partial charge in [0, 0.05) is 13.1 Å². The van der Waals surface area contributed by atoms with Gasteiger partial charge in [0.15, 0.2) is 0 Å². The Labute approximate surface area is 112 Å². The molecule has 0 atom stereocenters. The first-order chi connectivity index (χ1) is 8.53. The molecule has 0 aromatic carbocycles. The molecule has 2 aliphatic carbocycles. The number of hydrogen-bond acceptors (Lipinski definition) is 3. The molecule has 0 amide bonds. The molecule has 3 heteroatoms. The lowest BCUT2D eigenvalue weighted by molar-refractivity contribution is 0.0175. The lowest BCUT2D eigenvalue weighted by Gasteiger charge is -2.43. The summed E-state index contributed by atoms with van der Waals surface area (Å²) in [6.45, 7) is 5.47. The van der Waals surface area contributed by atoms with Crippen LogP contribution in [-0.4, -0.2) is 42.8 Å². The van der Waals surface area contributed by atoms with E-state index in [1.54, 1.807) is 0 Å². The Kier molecular flexibility index (Phi) is 4.68. The van der Waals surface area contributed by atoms with E-state index in [1.807, 2.05) is 0 Å². The van der Waals surface area contributed by atoms with Crippen molar-refractivity contribution in [1.29, 1.82) is 0 Å². The summed E-state index contributed by atoms with van der Waals surface area (Å²) in [6, 6.07) is 0. The molecular weight excluding hydrogens is 224 g/mol. The van der Waals surface area contributed by atoms with Gasteiger partial charge in [-0.25, -0.2) is 0 Å². The van der Waals surface area contributed by atoms with Crippen molar-refractivity contribution in [3.63, 3.8) is 0 Å². The van der Waals surface area contributed by atoms with Crippen molar-refractivity contribution in [3.8, 4) is 0 Å². The van der Waals surface area contributed by atoms with Crippen molar-refractivity contribution in [2.45, 2.75) is 51.6 Å². The molecule has 2 fully saturated rings. The fourth-order valence-electron chi connectivity index (χ4n) is 3.73. The summed E-state index contributed by atoms with van der Waals surface area (Å²) in [4.78, 5) is 2.46.